The molecule has 0 aromatic heterocycles. The molecule has 0 bridgehead atoms. The number of amides is 1. The van der Waals surface area contributed by atoms with Gasteiger partial charge < -0.3 is 16.8 Å². The van der Waals surface area contributed by atoms with Gasteiger partial charge >= 0.3 is 0 Å². The Morgan fingerprint density at radius 3 is 2.58 bits per heavy atom. The zero-order valence-corrected chi connectivity index (χ0v) is 11.4. The predicted molar refractivity (Wildman–Crippen MR) is 76.8 cm³/mol. The normalized spacial score (nSPS) is 10.2. The average molecular weight is 324 g/mol. The monoisotopic (exact) mass is 323 g/mol. The van der Waals surface area contributed by atoms with Crippen molar-refractivity contribution in [3.63, 3.8) is 0 Å². The minimum absolute atomic E-state index is 0.328. The molecular formula is C13H11BrFN3O. The molecule has 2 rings (SSSR count). The van der Waals surface area contributed by atoms with E-state index >= 15 is 0 Å². The van der Waals surface area contributed by atoms with Crippen LogP contribution in [0.4, 0.5) is 21.5 Å². The molecular weight excluding hydrogens is 313 g/mol. The van der Waals surface area contributed by atoms with Crippen molar-refractivity contribution in [1.29, 1.82) is 0 Å². The molecule has 0 fully saturated rings. The quantitative estimate of drug-likeness (QED) is 0.759. The number of primary amides is 1. The largest absolute Gasteiger partial charge is 0.397 e. The second-order valence-corrected chi connectivity index (χ2v) is 4.77. The van der Waals surface area contributed by atoms with E-state index in [1.54, 1.807) is 18.2 Å². The first kappa shape index (κ1) is 13.4. The third-order valence-electron chi connectivity index (χ3n) is 2.54. The van der Waals surface area contributed by atoms with Crippen LogP contribution in [-0.2, 0) is 0 Å². The van der Waals surface area contributed by atoms with Gasteiger partial charge in [0.2, 0.25) is 5.91 Å². The van der Waals surface area contributed by atoms with E-state index in [0.717, 1.165) is 0 Å². The van der Waals surface area contributed by atoms with Crippen molar-refractivity contribution < 1.29 is 9.18 Å². The van der Waals surface area contributed by atoms with Gasteiger partial charge in [-0.1, -0.05) is 0 Å². The summed E-state index contributed by atoms with van der Waals surface area (Å²) in [6.07, 6.45) is 0. The van der Waals surface area contributed by atoms with E-state index in [-0.39, 0.29) is 0 Å². The van der Waals surface area contributed by atoms with Crippen LogP contribution in [0.1, 0.15) is 10.4 Å². The highest BCUT2D eigenvalue weighted by molar-refractivity contribution is 9.10. The van der Waals surface area contributed by atoms with Gasteiger partial charge in [0.05, 0.1) is 15.8 Å². The lowest BCUT2D eigenvalue weighted by molar-refractivity contribution is 0.100. The number of nitrogens with one attached hydrogen (secondary N) is 1. The SMILES string of the molecule is NC(=O)c1ccc(N)c(Nc2ccc(Br)c(F)c2)c1. The third kappa shape index (κ3) is 3.03. The maximum Gasteiger partial charge on any atom is 0.248 e. The lowest BCUT2D eigenvalue weighted by Gasteiger charge is -2.11. The summed E-state index contributed by atoms with van der Waals surface area (Å²) in [5.41, 5.74) is 12.8. The summed E-state index contributed by atoms with van der Waals surface area (Å²) in [4.78, 5) is 11.1. The molecule has 0 aliphatic rings. The van der Waals surface area contributed by atoms with Crippen LogP contribution in [0, 0.1) is 5.82 Å². The van der Waals surface area contributed by atoms with Crippen LogP contribution in [0.3, 0.4) is 0 Å². The number of rotatable bonds is 3. The van der Waals surface area contributed by atoms with Crippen LogP contribution in [0.5, 0.6) is 0 Å². The number of nitrogen functional groups attached to an aromatic ring is 1. The van der Waals surface area contributed by atoms with Gasteiger partial charge in [-0.15, -0.1) is 0 Å². The van der Waals surface area contributed by atoms with Gasteiger partial charge in [0.1, 0.15) is 5.82 Å². The van der Waals surface area contributed by atoms with Crippen molar-refractivity contribution in [2.75, 3.05) is 11.1 Å². The van der Waals surface area contributed by atoms with E-state index in [4.69, 9.17) is 11.5 Å². The highest BCUT2D eigenvalue weighted by Gasteiger charge is 2.07. The third-order valence-corrected chi connectivity index (χ3v) is 3.18. The van der Waals surface area contributed by atoms with Crippen LogP contribution < -0.4 is 16.8 Å². The fourth-order valence-electron chi connectivity index (χ4n) is 1.55. The molecule has 6 heteroatoms. The second kappa shape index (κ2) is 5.27. The smallest absolute Gasteiger partial charge is 0.248 e. The van der Waals surface area contributed by atoms with Crippen molar-refractivity contribution >= 4 is 38.9 Å². The molecule has 0 aliphatic carbocycles. The van der Waals surface area contributed by atoms with Crippen LogP contribution in [0.15, 0.2) is 40.9 Å². The lowest BCUT2D eigenvalue weighted by atomic mass is 10.1. The molecule has 0 aliphatic heterocycles. The minimum Gasteiger partial charge on any atom is -0.397 e. The molecule has 0 saturated heterocycles. The standard InChI is InChI=1S/C13H11BrFN3O/c14-9-3-2-8(6-10(9)15)18-12-5-7(13(17)19)1-4-11(12)16/h1-6,18H,16H2,(H2,17,19). The Balaban J connectivity index is 2.34. The van der Waals surface area contributed by atoms with Crippen molar-refractivity contribution in [2.24, 2.45) is 5.73 Å². The fraction of sp³-hybridized carbons (Fsp3) is 0. The van der Waals surface area contributed by atoms with Crippen LogP contribution in [-0.4, -0.2) is 5.91 Å². The predicted octanol–water partition coefficient (Wildman–Crippen LogP) is 3.01. The van der Waals surface area contributed by atoms with Gasteiger partial charge in [0, 0.05) is 11.3 Å². The maximum absolute atomic E-state index is 13.4. The minimum atomic E-state index is -0.551. The zero-order chi connectivity index (χ0) is 14.0. The zero-order valence-electron chi connectivity index (χ0n) is 9.78. The summed E-state index contributed by atoms with van der Waals surface area (Å²) in [7, 11) is 0. The van der Waals surface area contributed by atoms with Crippen LogP contribution in [0.25, 0.3) is 0 Å². The Bertz CT molecular complexity index is 646. The van der Waals surface area contributed by atoms with Gasteiger partial charge in [-0.2, -0.15) is 0 Å². The summed E-state index contributed by atoms with van der Waals surface area (Å²) in [5, 5.41) is 2.94. The van der Waals surface area contributed by atoms with E-state index in [1.165, 1.54) is 18.2 Å². The van der Waals surface area contributed by atoms with E-state index in [2.05, 4.69) is 21.2 Å². The Labute approximate surface area is 117 Å². The number of hydrogen-bond acceptors (Lipinski definition) is 3. The summed E-state index contributed by atoms with van der Waals surface area (Å²) < 4.78 is 13.8. The highest BCUT2D eigenvalue weighted by atomic mass is 79.9. The molecule has 5 N–H and O–H groups in total. The Morgan fingerprint density at radius 2 is 1.95 bits per heavy atom. The van der Waals surface area contributed by atoms with Gasteiger partial charge in [0.25, 0.3) is 0 Å². The number of hydrogen-bond donors (Lipinski definition) is 3. The molecule has 0 heterocycles. The molecule has 2 aromatic carbocycles. The number of nitrogens with two attached hydrogens (primary N) is 2. The molecule has 98 valence electrons. The van der Waals surface area contributed by atoms with Gasteiger partial charge in [0.15, 0.2) is 0 Å². The molecule has 4 nitrogen and oxygen atoms in total. The summed E-state index contributed by atoms with van der Waals surface area (Å²) in [5.74, 6) is -0.945. The van der Waals surface area contributed by atoms with E-state index < -0.39 is 11.7 Å². The lowest BCUT2D eigenvalue weighted by Crippen LogP contribution is -2.11. The second-order valence-electron chi connectivity index (χ2n) is 3.92. The Kier molecular flexibility index (Phi) is 3.71. The first-order chi connectivity index (χ1) is 8.97. The molecule has 0 saturated carbocycles. The highest BCUT2D eigenvalue weighted by Crippen LogP contribution is 2.26. The summed E-state index contributed by atoms with van der Waals surface area (Å²) in [6.45, 7) is 0. The number of benzene rings is 2. The van der Waals surface area contributed by atoms with E-state index in [9.17, 15) is 9.18 Å². The Hall–Kier alpha value is -2.08. The first-order valence-corrected chi connectivity index (χ1v) is 6.18. The van der Waals surface area contributed by atoms with Gasteiger partial charge in [-0.05, 0) is 52.3 Å². The average Bonchev–Trinajstić information content (AvgIpc) is 2.36. The fourth-order valence-corrected chi connectivity index (χ4v) is 1.79. The molecule has 0 radical (unpaired) electrons. The first-order valence-electron chi connectivity index (χ1n) is 5.39. The summed E-state index contributed by atoms with van der Waals surface area (Å²) >= 11 is 3.07. The molecule has 2 aromatic rings. The van der Waals surface area contributed by atoms with Crippen molar-refractivity contribution in [3.8, 4) is 0 Å². The van der Waals surface area contributed by atoms with Crippen molar-refractivity contribution in [1.82, 2.24) is 0 Å². The Morgan fingerprint density at radius 1 is 1.21 bits per heavy atom. The number of halogens is 2. The summed E-state index contributed by atoms with van der Waals surface area (Å²) in [6, 6.07) is 9.20. The number of anilines is 3. The van der Waals surface area contributed by atoms with Crippen molar-refractivity contribution in [2.45, 2.75) is 0 Å². The maximum atomic E-state index is 13.4. The van der Waals surface area contributed by atoms with Crippen LogP contribution >= 0.6 is 15.9 Å². The molecule has 0 unspecified atom stereocenters. The molecule has 0 atom stereocenters. The molecule has 1 amide bonds. The number of carbonyl (C=O) groups is 1. The molecule has 0 spiro atoms. The van der Waals surface area contributed by atoms with Crippen LogP contribution in [0.2, 0.25) is 0 Å². The van der Waals surface area contributed by atoms with E-state index in [1.807, 2.05) is 0 Å². The number of carbonyl (C=O) groups excluding carboxylic acids is 1. The van der Waals surface area contributed by atoms with Crippen molar-refractivity contribution in [3.05, 3.63) is 52.3 Å². The topological polar surface area (TPSA) is 81.1 Å². The van der Waals surface area contributed by atoms with Gasteiger partial charge in [-0.25, -0.2) is 4.39 Å². The van der Waals surface area contributed by atoms with E-state index in [0.29, 0.717) is 27.1 Å². The molecule has 19 heavy (non-hydrogen) atoms. The van der Waals surface area contributed by atoms with Gasteiger partial charge in [-0.3, -0.25) is 4.79 Å².